The van der Waals surface area contributed by atoms with Crippen molar-refractivity contribution in [2.24, 2.45) is 0 Å². The summed E-state index contributed by atoms with van der Waals surface area (Å²) in [7, 11) is 0. The molecule has 0 aromatic heterocycles. The van der Waals surface area contributed by atoms with E-state index in [0.29, 0.717) is 0 Å². The van der Waals surface area contributed by atoms with Crippen molar-refractivity contribution in [1.82, 2.24) is 0 Å². The van der Waals surface area contributed by atoms with E-state index >= 15 is 0 Å². The third kappa shape index (κ3) is 2.05. The van der Waals surface area contributed by atoms with E-state index in [4.69, 9.17) is 10.4 Å². The molecule has 1 rings (SSSR count). The molecule has 0 bridgehead atoms. The zero-order valence-electron chi connectivity index (χ0n) is 7.72. The number of hydrogen-bond donors (Lipinski definition) is 3. The van der Waals surface area contributed by atoms with Gasteiger partial charge in [0.1, 0.15) is 11.3 Å². The Labute approximate surface area is 84.3 Å². The number of hydrogen-bond acceptors (Lipinski definition) is 5. The fourth-order valence-electron chi connectivity index (χ4n) is 1.09. The van der Waals surface area contributed by atoms with Crippen LogP contribution >= 0.6 is 0 Å². The van der Waals surface area contributed by atoms with Gasteiger partial charge in [-0.25, -0.2) is 10.1 Å². The third-order valence-electron chi connectivity index (χ3n) is 1.80. The molecule has 0 aliphatic rings. The molecular formula is C9H8O6. The van der Waals surface area contributed by atoms with Crippen molar-refractivity contribution in [1.29, 1.82) is 0 Å². The molecule has 0 atom stereocenters. The minimum Gasteiger partial charge on any atom is -0.506 e. The molecule has 0 fully saturated rings. The standard InChI is InChI=1S/C9H8O6/c1-4(10)6-2-5(15-14)3-7(8(6)11)9(12)13/h2-3,11,14H,1H3,(H,12,13). The molecule has 15 heavy (non-hydrogen) atoms. The normalized spacial score (nSPS) is 9.73. The van der Waals surface area contributed by atoms with E-state index in [0.717, 1.165) is 19.1 Å². The number of Topliss-reactive ketones (excluding diaryl/α,β-unsaturated/α-hetero) is 1. The lowest BCUT2D eigenvalue weighted by atomic mass is 10.1. The van der Waals surface area contributed by atoms with Crippen molar-refractivity contribution in [2.75, 3.05) is 0 Å². The lowest BCUT2D eigenvalue weighted by molar-refractivity contribution is -0.137. The fourth-order valence-corrected chi connectivity index (χ4v) is 1.09. The van der Waals surface area contributed by atoms with Crippen LogP contribution in [0.15, 0.2) is 12.1 Å². The molecule has 0 aliphatic carbocycles. The topological polar surface area (TPSA) is 104 Å². The second kappa shape index (κ2) is 3.97. The van der Waals surface area contributed by atoms with Crippen LogP contribution < -0.4 is 4.89 Å². The zero-order chi connectivity index (χ0) is 11.6. The first kappa shape index (κ1) is 11.0. The number of aromatic carboxylic acids is 1. The van der Waals surface area contributed by atoms with E-state index in [2.05, 4.69) is 4.89 Å². The number of carbonyl (C=O) groups excluding carboxylic acids is 1. The van der Waals surface area contributed by atoms with Gasteiger partial charge < -0.3 is 15.1 Å². The molecule has 6 heteroatoms. The highest BCUT2D eigenvalue weighted by Gasteiger charge is 2.18. The minimum absolute atomic E-state index is 0.223. The second-order valence-corrected chi connectivity index (χ2v) is 2.82. The van der Waals surface area contributed by atoms with Crippen LogP contribution in [0.1, 0.15) is 27.6 Å². The predicted molar refractivity (Wildman–Crippen MR) is 48.3 cm³/mol. The Balaban J connectivity index is 3.47. The first-order valence-electron chi connectivity index (χ1n) is 3.90. The van der Waals surface area contributed by atoms with E-state index in [-0.39, 0.29) is 11.3 Å². The largest absolute Gasteiger partial charge is 0.506 e. The summed E-state index contributed by atoms with van der Waals surface area (Å²) in [6, 6.07) is 1.95. The summed E-state index contributed by atoms with van der Waals surface area (Å²) in [5.74, 6) is -2.82. The van der Waals surface area contributed by atoms with Crippen molar-refractivity contribution >= 4 is 11.8 Å². The summed E-state index contributed by atoms with van der Waals surface area (Å²) in [6.07, 6.45) is 0. The number of carboxylic acids is 1. The number of ketones is 1. The Morgan fingerprint density at radius 3 is 2.20 bits per heavy atom. The molecule has 1 aromatic rings. The third-order valence-corrected chi connectivity index (χ3v) is 1.80. The van der Waals surface area contributed by atoms with Crippen LogP contribution in [0.4, 0.5) is 0 Å². The summed E-state index contributed by atoms with van der Waals surface area (Å²) >= 11 is 0. The number of rotatable bonds is 3. The molecule has 0 unspecified atom stereocenters. The van der Waals surface area contributed by atoms with Gasteiger partial charge in [0, 0.05) is 6.07 Å². The summed E-state index contributed by atoms with van der Waals surface area (Å²) < 4.78 is 0. The molecule has 0 heterocycles. The monoisotopic (exact) mass is 212 g/mol. The van der Waals surface area contributed by atoms with Crippen LogP contribution in [-0.4, -0.2) is 27.2 Å². The average molecular weight is 212 g/mol. The van der Waals surface area contributed by atoms with Gasteiger partial charge in [-0.15, -0.1) is 0 Å². The first-order valence-corrected chi connectivity index (χ1v) is 3.90. The second-order valence-electron chi connectivity index (χ2n) is 2.82. The molecule has 0 saturated heterocycles. The van der Waals surface area contributed by atoms with Crippen LogP contribution in [0.25, 0.3) is 0 Å². The van der Waals surface area contributed by atoms with Crippen LogP contribution in [0.5, 0.6) is 11.5 Å². The smallest absolute Gasteiger partial charge is 0.339 e. The maximum Gasteiger partial charge on any atom is 0.339 e. The van der Waals surface area contributed by atoms with Gasteiger partial charge in [-0.3, -0.25) is 4.79 Å². The highest BCUT2D eigenvalue weighted by Crippen LogP contribution is 2.28. The van der Waals surface area contributed by atoms with E-state index in [1.54, 1.807) is 0 Å². The Morgan fingerprint density at radius 1 is 1.27 bits per heavy atom. The predicted octanol–water partition coefficient (Wildman–Crippen LogP) is 1.14. The van der Waals surface area contributed by atoms with Gasteiger partial charge in [-0.05, 0) is 13.0 Å². The maximum atomic E-state index is 11.0. The molecule has 6 nitrogen and oxygen atoms in total. The fraction of sp³-hybridized carbons (Fsp3) is 0.111. The van der Waals surface area contributed by atoms with Crippen LogP contribution in [0.3, 0.4) is 0 Å². The van der Waals surface area contributed by atoms with Crippen LogP contribution in [-0.2, 0) is 0 Å². The van der Waals surface area contributed by atoms with Gasteiger partial charge in [0.15, 0.2) is 11.5 Å². The first-order chi connectivity index (χ1) is 6.97. The molecule has 0 aliphatic heterocycles. The molecule has 0 spiro atoms. The molecule has 3 N–H and O–H groups in total. The Bertz CT molecular complexity index is 388. The van der Waals surface area contributed by atoms with Gasteiger partial charge in [0.2, 0.25) is 0 Å². The SMILES string of the molecule is CC(=O)c1cc(OO)cc(C(=O)O)c1O. The average Bonchev–Trinajstić information content (AvgIpc) is 2.17. The summed E-state index contributed by atoms with van der Waals surface area (Å²) in [5, 5.41) is 26.4. The van der Waals surface area contributed by atoms with Crippen molar-refractivity contribution in [3.63, 3.8) is 0 Å². The lowest BCUT2D eigenvalue weighted by Crippen LogP contribution is -2.03. The van der Waals surface area contributed by atoms with Crippen molar-refractivity contribution in [3.8, 4) is 11.5 Å². The molecular weight excluding hydrogens is 204 g/mol. The van der Waals surface area contributed by atoms with Crippen LogP contribution in [0.2, 0.25) is 0 Å². The summed E-state index contributed by atoms with van der Waals surface area (Å²) in [4.78, 5) is 25.5. The molecule has 0 saturated carbocycles. The van der Waals surface area contributed by atoms with Crippen molar-refractivity contribution in [3.05, 3.63) is 23.3 Å². The lowest BCUT2D eigenvalue weighted by Gasteiger charge is -2.06. The quantitative estimate of drug-likeness (QED) is 0.394. The van der Waals surface area contributed by atoms with E-state index in [9.17, 15) is 14.7 Å². The number of carbonyl (C=O) groups is 2. The Hall–Kier alpha value is -2.08. The molecule has 0 amide bonds. The minimum atomic E-state index is -1.42. The Kier molecular flexibility index (Phi) is 2.91. The number of aromatic hydroxyl groups is 1. The van der Waals surface area contributed by atoms with E-state index in [1.165, 1.54) is 0 Å². The van der Waals surface area contributed by atoms with Gasteiger partial charge >= 0.3 is 5.97 Å². The van der Waals surface area contributed by atoms with Gasteiger partial charge in [-0.1, -0.05) is 0 Å². The number of benzene rings is 1. The van der Waals surface area contributed by atoms with Crippen LogP contribution in [0, 0.1) is 0 Å². The molecule has 80 valence electrons. The van der Waals surface area contributed by atoms with Crippen molar-refractivity contribution in [2.45, 2.75) is 6.92 Å². The maximum absolute atomic E-state index is 11.0. The molecule has 1 aromatic carbocycles. The van der Waals surface area contributed by atoms with E-state index in [1.807, 2.05) is 0 Å². The Morgan fingerprint density at radius 2 is 1.80 bits per heavy atom. The van der Waals surface area contributed by atoms with Gasteiger partial charge in [-0.2, -0.15) is 0 Å². The summed E-state index contributed by atoms with van der Waals surface area (Å²) in [6.45, 7) is 1.15. The van der Waals surface area contributed by atoms with Gasteiger partial charge in [0.05, 0.1) is 5.56 Å². The number of phenols is 1. The zero-order valence-corrected chi connectivity index (χ0v) is 7.72. The highest BCUT2D eigenvalue weighted by atomic mass is 17.1. The summed E-state index contributed by atoms with van der Waals surface area (Å²) in [5.41, 5.74) is -0.731. The van der Waals surface area contributed by atoms with E-state index < -0.39 is 23.1 Å². The highest BCUT2D eigenvalue weighted by molar-refractivity contribution is 6.02. The number of carboxylic acid groups (broad SMARTS) is 1. The van der Waals surface area contributed by atoms with Gasteiger partial charge in [0.25, 0.3) is 0 Å². The molecule has 0 radical (unpaired) electrons. The van der Waals surface area contributed by atoms with Crippen molar-refractivity contribution < 1.29 is 29.9 Å².